The van der Waals surface area contributed by atoms with Gasteiger partial charge in [0, 0.05) is 17.6 Å². The number of nitrogens with one attached hydrogen (secondary N) is 1. The Bertz CT molecular complexity index is 978. The van der Waals surface area contributed by atoms with Crippen LogP contribution in [0.4, 0.5) is 0 Å². The lowest BCUT2D eigenvalue weighted by Gasteiger charge is -2.31. The van der Waals surface area contributed by atoms with Crippen molar-refractivity contribution in [3.8, 4) is 5.69 Å². The third kappa shape index (κ3) is 6.07. The number of carbonyl (C=O) groups excluding carboxylic acids is 2. The highest BCUT2D eigenvalue weighted by Crippen LogP contribution is 2.31. The first-order valence-corrected chi connectivity index (χ1v) is 11.3. The van der Waals surface area contributed by atoms with Gasteiger partial charge < -0.3 is 20.1 Å². The highest BCUT2D eigenvalue weighted by atomic mass is 35.5. The molecule has 33 heavy (non-hydrogen) atoms. The number of hydrogen-bond acceptors (Lipinski definition) is 7. The molecular weight excluding hydrogens is 448 g/mol. The molecule has 10 nitrogen and oxygen atoms in total. The highest BCUT2D eigenvalue weighted by molar-refractivity contribution is 6.30. The summed E-state index contributed by atoms with van der Waals surface area (Å²) in [5.41, 5.74) is 0.912. The first-order chi connectivity index (χ1) is 15.5. The van der Waals surface area contributed by atoms with Gasteiger partial charge in [0.25, 0.3) is 5.91 Å². The lowest BCUT2D eigenvalue weighted by molar-refractivity contribution is -0.152. The normalized spacial score (nSPS) is 21.8. The zero-order chi connectivity index (χ0) is 24.3. The van der Waals surface area contributed by atoms with Crippen molar-refractivity contribution in [2.24, 2.45) is 5.92 Å². The summed E-state index contributed by atoms with van der Waals surface area (Å²) < 4.78 is 7.05. The van der Waals surface area contributed by atoms with E-state index < -0.39 is 23.7 Å². The number of benzene rings is 1. The van der Waals surface area contributed by atoms with Crippen LogP contribution in [0.3, 0.4) is 0 Å². The Kier molecular flexibility index (Phi) is 7.71. The molecule has 2 amide bonds. The maximum absolute atomic E-state index is 13.1. The number of aliphatic hydroxyl groups is 1. The zero-order valence-electron chi connectivity index (χ0n) is 19.5. The van der Waals surface area contributed by atoms with Gasteiger partial charge in [0.05, 0.1) is 17.9 Å². The van der Waals surface area contributed by atoms with Crippen molar-refractivity contribution in [3.05, 3.63) is 35.1 Å². The summed E-state index contributed by atoms with van der Waals surface area (Å²) in [5, 5.41) is 25.1. The van der Waals surface area contributed by atoms with E-state index in [0.717, 1.165) is 5.56 Å². The smallest absolute Gasteiger partial charge is 0.254 e. The van der Waals surface area contributed by atoms with Crippen molar-refractivity contribution >= 4 is 23.4 Å². The molecule has 0 unspecified atom stereocenters. The number of likely N-dealkylation sites (tertiary alicyclic amines) is 1. The Morgan fingerprint density at radius 2 is 2.06 bits per heavy atom. The van der Waals surface area contributed by atoms with E-state index in [1.54, 1.807) is 18.2 Å². The average molecular weight is 479 g/mol. The van der Waals surface area contributed by atoms with Crippen molar-refractivity contribution in [2.75, 3.05) is 6.61 Å². The fourth-order valence-electron chi connectivity index (χ4n) is 3.87. The van der Waals surface area contributed by atoms with Crippen molar-refractivity contribution in [2.45, 2.75) is 71.4 Å². The number of halogens is 1. The number of ether oxygens (including phenoxy) is 1. The van der Waals surface area contributed by atoms with Gasteiger partial charge in [-0.2, -0.15) is 0 Å². The molecule has 3 rings (SSSR count). The van der Waals surface area contributed by atoms with E-state index in [9.17, 15) is 14.7 Å². The van der Waals surface area contributed by atoms with Gasteiger partial charge in [-0.3, -0.25) is 9.59 Å². The van der Waals surface area contributed by atoms with E-state index in [-0.39, 0.29) is 31.0 Å². The number of hydrogen-bond donors (Lipinski definition) is 2. The van der Waals surface area contributed by atoms with Crippen LogP contribution in [0.15, 0.2) is 24.5 Å². The Labute approximate surface area is 198 Å². The van der Waals surface area contributed by atoms with E-state index in [1.807, 2.05) is 34.6 Å². The van der Waals surface area contributed by atoms with Crippen LogP contribution < -0.4 is 5.32 Å². The minimum Gasteiger partial charge on any atom is -0.381 e. The maximum Gasteiger partial charge on any atom is 0.254 e. The van der Waals surface area contributed by atoms with Crippen molar-refractivity contribution in [1.29, 1.82) is 0 Å². The van der Waals surface area contributed by atoms with E-state index in [2.05, 4.69) is 20.8 Å². The molecule has 2 N–H and O–H groups in total. The Morgan fingerprint density at radius 3 is 2.70 bits per heavy atom. The van der Waals surface area contributed by atoms with Crippen LogP contribution in [0.1, 0.15) is 46.6 Å². The number of amides is 2. The Balaban J connectivity index is 1.72. The zero-order valence-corrected chi connectivity index (χ0v) is 20.3. The van der Waals surface area contributed by atoms with Crippen LogP contribution in [0, 0.1) is 5.92 Å². The third-order valence-electron chi connectivity index (χ3n) is 5.80. The summed E-state index contributed by atoms with van der Waals surface area (Å²) in [6, 6.07) is 4.32. The SMILES string of the molecule is C[C@@H]1C[C@@H](C(=O)NCc2cc(Cl)ccc2-n2cnnn2)N(C(=O)[C@H](O)COC(C)(C)C)[C@@H]1C. The molecule has 2 heterocycles. The molecule has 2 aromatic rings. The monoisotopic (exact) mass is 478 g/mol. The maximum atomic E-state index is 13.1. The first kappa shape index (κ1) is 25.1. The molecule has 1 aromatic heterocycles. The molecule has 0 bridgehead atoms. The molecule has 11 heteroatoms. The topological polar surface area (TPSA) is 122 Å². The van der Waals surface area contributed by atoms with Crippen LogP contribution >= 0.6 is 11.6 Å². The fourth-order valence-corrected chi connectivity index (χ4v) is 4.07. The second kappa shape index (κ2) is 10.1. The number of aliphatic hydroxyl groups excluding tert-OH is 1. The Morgan fingerprint density at radius 1 is 1.33 bits per heavy atom. The molecule has 0 aliphatic carbocycles. The molecule has 0 radical (unpaired) electrons. The van der Waals surface area contributed by atoms with Gasteiger partial charge in [0.2, 0.25) is 5.91 Å². The van der Waals surface area contributed by atoms with Gasteiger partial charge in [-0.15, -0.1) is 5.10 Å². The summed E-state index contributed by atoms with van der Waals surface area (Å²) in [7, 11) is 0. The fraction of sp³-hybridized carbons (Fsp3) is 0.591. The third-order valence-corrected chi connectivity index (χ3v) is 6.04. The number of rotatable bonds is 7. The number of aromatic nitrogens is 4. The van der Waals surface area contributed by atoms with Crippen molar-refractivity contribution < 1.29 is 19.4 Å². The predicted octanol–water partition coefficient (Wildman–Crippen LogP) is 1.73. The predicted molar refractivity (Wildman–Crippen MR) is 122 cm³/mol. The van der Waals surface area contributed by atoms with Crippen LogP contribution in [0.2, 0.25) is 5.02 Å². The van der Waals surface area contributed by atoms with E-state index >= 15 is 0 Å². The summed E-state index contributed by atoms with van der Waals surface area (Å²) >= 11 is 6.15. The molecule has 180 valence electrons. The van der Waals surface area contributed by atoms with Crippen LogP contribution in [0.25, 0.3) is 5.69 Å². The first-order valence-electron chi connectivity index (χ1n) is 10.9. The standard InChI is InChI=1S/C22H31ClN6O4/c1-13-8-18(29(14(13)2)21(32)19(30)11-33-22(3,4)5)20(31)24-10-15-9-16(23)6-7-17(15)28-12-25-26-27-28/h6-7,9,12-14,18-19,30H,8,10-11H2,1-5H3,(H,24,31)/t13-,14-,18+,19-/m1/s1. The molecule has 4 atom stereocenters. The van der Waals surface area contributed by atoms with Gasteiger partial charge in [-0.05, 0) is 74.2 Å². The van der Waals surface area contributed by atoms with E-state index in [0.29, 0.717) is 17.1 Å². The number of carbonyl (C=O) groups is 2. The van der Waals surface area contributed by atoms with Gasteiger partial charge in [0.1, 0.15) is 12.4 Å². The molecule has 0 saturated carbocycles. The lowest BCUT2D eigenvalue weighted by atomic mass is 10.0. The molecule has 1 aliphatic rings. The summed E-state index contributed by atoms with van der Waals surface area (Å²) in [6.45, 7) is 9.46. The quantitative estimate of drug-likeness (QED) is 0.621. The van der Waals surface area contributed by atoms with E-state index in [1.165, 1.54) is 15.9 Å². The summed E-state index contributed by atoms with van der Waals surface area (Å²) in [6.07, 6.45) is 0.615. The minimum absolute atomic E-state index is 0.100. The van der Waals surface area contributed by atoms with E-state index in [4.69, 9.17) is 16.3 Å². The van der Waals surface area contributed by atoms with Crippen LogP contribution in [-0.4, -0.2) is 72.4 Å². The van der Waals surface area contributed by atoms with Gasteiger partial charge >= 0.3 is 0 Å². The molecule has 0 spiro atoms. The highest BCUT2D eigenvalue weighted by Gasteiger charge is 2.44. The van der Waals surface area contributed by atoms with Gasteiger partial charge in [-0.1, -0.05) is 18.5 Å². The summed E-state index contributed by atoms with van der Waals surface area (Å²) in [5.74, 6) is -0.706. The molecule has 1 aliphatic heterocycles. The molecule has 1 fully saturated rings. The number of nitrogens with zero attached hydrogens (tertiary/aromatic N) is 5. The van der Waals surface area contributed by atoms with Crippen LogP contribution in [0.5, 0.6) is 0 Å². The largest absolute Gasteiger partial charge is 0.381 e. The second-order valence-corrected chi connectivity index (χ2v) is 9.84. The van der Waals surface area contributed by atoms with Crippen LogP contribution in [-0.2, 0) is 20.9 Å². The average Bonchev–Trinajstić information content (AvgIpc) is 3.38. The second-order valence-electron chi connectivity index (χ2n) is 9.40. The van der Waals surface area contributed by atoms with Gasteiger partial charge in [-0.25, -0.2) is 4.68 Å². The van der Waals surface area contributed by atoms with Gasteiger partial charge in [0.15, 0.2) is 6.10 Å². The lowest BCUT2D eigenvalue weighted by Crippen LogP contribution is -2.52. The van der Waals surface area contributed by atoms with Crippen molar-refractivity contribution in [1.82, 2.24) is 30.4 Å². The molecule has 1 saturated heterocycles. The van der Waals surface area contributed by atoms with Crippen molar-refractivity contribution in [3.63, 3.8) is 0 Å². The Hall–Kier alpha value is -2.56. The number of tetrazole rings is 1. The molecule has 1 aromatic carbocycles. The minimum atomic E-state index is -1.34. The molecular formula is C22H31ClN6O4. The summed E-state index contributed by atoms with van der Waals surface area (Å²) in [4.78, 5) is 27.7.